The van der Waals surface area contributed by atoms with E-state index in [0.717, 1.165) is 16.3 Å². The van der Waals surface area contributed by atoms with Crippen LogP contribution in [0.4, 0.5) is 0 Å². The summed E-state index contributed by atoms with van der Waals surface area (Å²) in [4.78, 5) is 21.2. The molecule has 3 aromatic heterocycles. The van der Waals surface area contributed by atoms with Gasteiger partial charge in [0.25, 0.3) is 5.91 Å². The normalized spacial score (nSPS) is 12.0. The highest BCUT2D eigenvalue weighted by atomic mass is 35.5. The van der Waals surface area contributed by atoms with Crippen LogP contribution >= 0.6 is 34.5 Å². The van der Waals surface area contributed by atoms with Crippen molar-refractivity contribution >= 4 is 40.4 Å². The Morgan fingerprint density at radius 2 is 1.93 bits per heavy atom. The lowest BCUT2D eigenvalue weighted by atomic mass is 10.2. The number of thiazole rings is 1. The van der Waals surface area contributed by atoms with E-state index in [1.807, 2.05) is 24.4 Å². The van der Waals surface area contributed by atoms with Gasteiger partial charge in [0.05, 0.1) is 27.5 Å². The summed E-state index contributed by atoms with van der Waals surface area (Å²) < 4.78 is 1.58. The van der Waals surface area contributed by atoms with Gasteiger partial charge in [0.1, 0.15) is 5.01 Å². The highest BCUT2D eigenvalue weighted by Gasteiger charge is 2.17. The first-order valence-electron chi connectivity index (χ1n) is 8.69. The van der Waals surface area contributed by atoms with Gasteiger partial charge in [-0.1, -0.05) is 23.2 Å². The van der Waals surface area contributed by atoms with E-state index in [1.165, 1.54) is 11.3 Å². The lowest BCUT2D eigenvalue weighted by Crippen LogP contribution is -2.27. The number of nitrogens with zero attached hydrogens (tertiary/aromatic N) is 4. The van der Waals surface area contributed by atoms with Crippen LogP contribution in [0.25, 0.3) is 16.9 Å². The molecule has 1 aromatic carbocycles. The first kappa shape index (κ1) is 19.6. The van der Waals surface area contributed by atoms with E-state index < -0.39 is 0 Å². The maximum atomic E-state index is 12.6. The molecule has 0 spiro atoms. The third kappa shape index (κ3) is 4.32. The molecule has 3 heterocycles. The van der Waals surface area contributed by atoms with Gasteiger partial charge in [-0.3, -0.25) is 9.78 Å². The minimum absolute atomic E-state index is 0.252. The van der Waals surface area contributed by atoms with Crippen LogP contribution in [0.2, 0.25) is 10.0 Å². The number of hydrogen-bond donors (Lipinski definition) is 1. The summed E-state index contributed by atoms with van der Waals surface area (Å²) in [5.74, 6) is -0.281. The average Bonchev–Trinajstić information content (AvgIpc) is 3.41. The van der Waals surface area contributed by atoms with Crippen molar-refractivity contribution < 1.29 is 4.79 Å². The molecule has 0 aliphatic carbocycles. The lowest BCUT2D eigenvalue weighted by molar-refractivity contribution is 0.0934. The van der Waals surface area contributed by atoms with E-state index in [2.05, 4.69) is 20.4 Å². The molecule has 0 aliphatic rings. The Bertz CT molecular complexity index is 1160. The zero-order valence-corrected chi connectivity index (χ0v) is 17.5. The summed E-state index contributed by atoms with van der Waals surface area (Å²) in [5.41, 5.74) is 2.86. The molecule has 4 aromatic rings. The third-order valence-corrected chi connectivity index (χ3v) is 5.97. The van der Waals surface area contributed by atoms with Gasteiger partial charge >= 0.3 is 0 Å². The number of amides is 1. The van der Waals surface area contributed by atoms with Crippen LogP contribution in [-0.2, 0) is 0 Å². The molecule has 0 fully saturated rings. The summed E-state index contributed by atoms with van der Waals surface area (Å²) in [7, 11) is 0. The maximum absolute atomic E-state index is 12.6. The molecule has 0 saturated carbocycles. The fourth-order valence-electron chi connectivity index (χ4n) is 2.69. The van der Waals surface area contributed by atoms with Crippen molar-refractivity contribution in [2.24, 2.45) is 0 Å². The van der Waals surface area contributed by atoms with Crippen LogP contribution in [0.5, 0.6) is 0 Å². The second kappa shape index (κ2) is 8.32. The first-order valence-corrected chi connectivity index (χ1v) is 10.3. The second-order valence-corrected chi connectivity index (χ2v) is 7.95. The Morgan fingerprint density at radius 3 is 2.69 bits per heavy atom. The van der Waals surface area contributed by atoms with Crippen molar-refractivity contribution in [2.45, 2.75) is 13.0 Å². The van der Waals surface area contributed by atoms with E-state index in [1.54, 1.807) is 47.5 Å². The number of carbonyl (C=O) groups excluding carboxylic acids is 1. The van der Waals surface area contributed by atoms with Crippen LogP contribution in [0.15, 0.2) is 60.4 Å². The number of rotatable bonds is 5. The van der Waals surface area contributed by atoms with Gasteiger partial charge in [-0.05, 0) is 43.3 Å². The number of carbonyl (C=O) groups is 1. The fraction of sp³-hybridized carbons (Fsp3) is 0.100. The largest absolute Gasteiger partial charge is 0.342 e. The molecule has 1 unspecified atom stereocenters. The first-order chi connectivity index (χ1) is 14.0. The highest BCUT2D eigenvalue weighted by Crippen LogP contribution is 2.26. The zero-order chi connectivity index (χ0) is 20.4. The van der Waals surface area contributed by atoms with Crippen molar-refractivity contribution in [1.82, 2.24) is 25.1 Å². The monoisotopic (exact) mass is 443 g/mol. The Balaban J connectivity index is 1.46. The van der Waals surface area contributed by atoms with E-state index in [9.17, 15) is 4.79 Å². The summed E-state index contributed by atoms with van der Waals surface area (Å²) in [6.45, 7) is 1.89. The van der Waals surface area contributed by atoms with Crippen molar-refractivity contribution in [2.75, 3.05) is 0 Å². The molecule has 9 heteroatoms. The molecule has 0 bridgehead atoms. The van der Waals surface area contributed by atoms with Crippen LogP contribution in [0.1, 0.15) is 28.5 Å². The topological polar surface area (TPSA) is 72.7 Å². The van der Waals surface area contributed by atoms with Gasteiger partial charge in [0, 0.05) is 29.5 Å². The predicted molar refractivity (Wildman–Crippen MR) is 115 cm³/mol. The van der Waals surface area contributed by atoms with Gasteiger partial charge in [0.2, 0.25) is 0 Å². The average molecular weight is 444 g/mol. The smallest absolute Gasteiger partial charge is 0.272 e. The molecule has 6 nitrogen and oxygen atoms in total. The van der Waals surface area contributed by atoms with Crippen molar-refractivity contribution in [3.8, 4) is 16.9 Å². The molecule has 146 valence electrons. The lowest BCUT2D eigenvalue weighted by Gasteiger charge is -2.10. The van der Waals surface area contributed by atoms with Gasteiger partial charge < -0.3 is 5.32 Å². The van der Waals surface area contributed by atoms with Gasteiger partial charge in [-0.25, -0.2) is 9.67 Å². The molecule has 0 aliphatic heterocycles. The Morgan fingerprint density at radius 1 is 1.14 bits per heavy atom. The Kier molecular flexibility index (Phi) is 5.62. The number of nitrogens with one attached hydrogen (secondary N) is 1. The maximum Gasteiger partial charge on any atom is 0.272 e. The molecule has 0 saturated heterocycles. The standard InChI is InChI=1S/C20H15Cl2N5OS/c1-12(20-25-18(11-29-20)13-4-7-23-8-5-13)24-19(28)17-6-9-27(26-17)14-2-3-15(21)16(22)10-14/h2-12H,1H3,(H,24,28). The Labute approximate surface area is 181 Å². The quantitative estimate of drug-likeness (QED) is 0.460. The van der Waals surface area contributed by atoms with Gasteiger partial charge in [0.15, 0.2) is 5.69 Å². The summed E-state index contributed by atoms with van der Waals surface area (Å²) in [6.07, 6.45) is 5.15. The highest BCUT2D eigenvalue weighted by molar-refractivity contribution is 7.10. The van der Waals surface area contributed by atoms with Crippen LogP contribution in [-0.4, -0.2) is 25.7 Å². The molecule has 1 amide bonds. The van der Waals surface area contributed by atoms with Crippen molar-refractivity contribution in [3.05, 3.63) is 81.1 Å². The zero-order valence-electron chi connectivity index (χ0n) is 15.2. The molecule has 1 atom stereocenters. The van der Waals surface area contributed by atoms with E-state index >= 15 is 0 Å². The Hall–Kier alpha value is -2.74. The van der Waals surface area contributed by atoms with E-state index in [-0.39, 0.29) is 11.9 Å². The summed E-state index contributed by atoms with van der Waals surface area (Å²) in [6, 6.07) is 10.4. The molecule has 4 rings (SSSR count). The number of pyridine rings is 1. The van der Waals surface area contributed by atoms with Crippen LogP contribution in [0, 0.1) is 0 Å². The molecule has 0 radical (unpaired) electrons. The molecular formula is C20H15Cl2N5OS. The van der Waals surface area contributed by atoms with Gasteiger partial charge in [-0.2, -0.15) is 5.10 Å². The van der Waals surface area contributed by atoms with Crippen molar-refractivity contribution in [1.29, 1.82) is 0 Å². The van der Waals surface area contributed by atoms with Crippen LogP contribution < -0.4 is 5.32 Å². The number of aromatic nitrogens is 4. The number of hydrogen-bond acceptors (Lipinski definition) is 5. The summed E-state index contributed by atoms with van der Waals surface area (Å²) in [5, 5.41) is 10.9. The van der Waals surface area contributed by atoms with Crippen molar-refractivity contribution in [3.63, 3.8) is 0 Å². The molecule has 1 N–H and O–H groups in total. The minimum atomic E-state index is -0.281. The SMILES string of the molecule is CC(NC(=O)c1ccn(-c2ccc(Cl)c(Cl)c2)n1)c1nc(-c2ccncc2)cs1. The molecule has 29 heavy (non-hydrogen) atoms. The summed E-state index contributed by atoms with van der Waals surface area (Å²) >= 11 is 13.5. The number of halogens is 2. The minimum Gasteiger partial charge on any atom is -0.342 e. The van der Waals surface area contributed by atoms with Crippen LogP contribution in [0.3, 0.4) is 0 Å². The predicted octanol–water partition coefficient (Wildman–Crippen LogP) is 5.19. The van der Waals surface area contributed by atoms with E-state index in [4.69, 9.17) is 23.2 Å². The van der Waals surface area contributed by atoms with E-state index in [0.29, 0.717) is 21.4 Å². The second-order valence-electron chi connectivity index (χ2n) is 6.25. The fourth-order valence-corrected chi connectivity index (χ4v) is 3.82. The number of benzene rings is 1. The van der Waals surface area contributed by atoms with Gasteiger partial charge in [-0.15, -0.1) is 11.3 Å². The molecular weight excluding hydrogens is 429 g/mol. The third-order valence-electron chi connectivity index (χ3n) is 4.21.